The van der Waals surface area contributed by atoms with Gasteiger partial charge in [0.1, 0.15) is 12.6 Å². The zero-order chi connectivity index (χ0) is 28.6. The van der Waals surface area contributed by atoms with Crippen LogP contribution in [0.25, 0.3) is 0 Å². The number of hydrogen-bond donors (Lipinski definition) is 1. The molecule has 0 saturated carbocycles. The van der Waals surface area contributed by atoms with Crippen molar-refractivity contribution < 1.29 is 18.0 Å². The molecular formula is C30H36ClN3O4S. The Hall–Kier alpha value is -3.36. The van der Waals surface area contributed by atoms with E-state index in [9.17, 15) is 18.0 Å². The molecule has 3 aromatic rings. The van der Waals surface area contributed by atoms with Crippen LogP contribution in [0.3, 0.4) is 0 Å². The van der Waals surface area contributed by atoms with Gasteiger partial charge in [-0.25, -0.2) is 8.42 Å². The number of anilines is 1. The third-order valence-corrected chi connectivity index (χ3v) is 8.48. The zero-order valence-electron chi connectivity index (χ0n) is 22.9. The van der Waals surface area contributed by atoms with Gasteiger partial charge in [-0.15, -0.1) is 0 Å². The Balaban J connectivity index is 1.99. The Morgan fingerprint density at radius 1 is 0.949 bits per heavy atom. The fourth-order valence-corrected chi connectivity index (χ4v) is 5.60. The van der Waals surface area contributed by atoms with Crippen LogP contribution in [0.2, 0.25) is 5.02 Å². The summed E-state index contributed by atoms with van der Waals surface area (Å²) in [6.45, 7) is 7.67. The molecule has 0 saturated heterocycles. The molecule has 39 heavy (non-hydrogen) atoms. The number of nitrogens with one attached hydrogen (secondary N) is 1. The summed E-state index contributed by atoms with van der Waals surface area (Å²) >= 11 is 6.21. The van der Waals surface area contributed by atoms with E-state index in [4.69, 9.17) is 11.6 Å². The van der Waals surface area contributed by atoms with Crippen LogP contribution in [-0.2, 0) is 26.2 Å². The molecule has 0 radical (unpaired) electrons. The second-order valence-corrected chi connectivity index (χ2v) is 11.9. The molecule has 0 aliphatic carbocycles. The Labute approximate surface area is 236 Å². The maximum atomic E-state index is 13.9. The van der Waals surface area contributed by atoms with Gasteiger partial charge in [-0.3, -0.25) is 13.9 Å². The van der Waals surface area contributed by atoms with Gasteiger partial charge in [0.2, 0.25) is 11.8 Å². The van der Waals surface area contributed by atoms with E-state index in [-0.39, 0.29) is 23.0 Å². The Morgan fingerprint density at radius 2 is 1.56 bits per heavy atom. The highest BCUT2D eigenvalue weighted by Crippen LogP contribution is 2.27. The van der Waals surface area contributed by atoms with Gasteiger partial charge in [0.25, 0.3) is 10.0 Å². The molecule has 9 heteroatoms. The summed E-state index contributed by atoms with van der Waals surface area (Å²) < 4.78 is 28.7. The first-order valence-electron chi connectivity index (χ1n) is 13.0. The summed E-state index contributed by atoms with van der Waals surface area (Å²) in [5.74, 6) is -0.802. The zero-order valence-corrected chi connectivity index (χ0v) is 24.4. The number of carbonyl (C=O) groups excluding carboxylic acids is 2. The minimum absolute atomic E-state index is 0.0521. The first-order valence-corrected chi connectivity index (χ1v) is 14.8. The molecule has 3 rings (SSSR count). The van der Waals surface area contributed by atoms with Crippen LogP contribution >= 0.6 is 11.6 Å². The van der Waals surface area contributed by atoms with Crippen LogP contribution in [0.4, 0.5) is 5.69 Å². The lowest BCUT2D eigenvalue weighted by molar-refractivity contribution is -0.139. The standard InChI is InChI=1S/C30H36ClN3O4S/c1-5-6-18-32-30(36)24(4)33(20-25-14-10-22(2)11-15-25)29(35)21-34(27-9-7-8-26(31)19-27)39(37,38)28-16-12-23(3)13-17-28/h7-17,19,24H,5-6,18,20-21H2,1-4H3,(H,32,36)/t24-/m0/s1. The Bertz CT molecular complexity index is 1380. The fourth-order valence-electron chi connectivity index (χ4n) is 4.01. The SMILES string of the molecule is CCCCNC(=O)[C@H](C)N(Cc1ccc(C)cc1)C(=O)CN(c1cccc(Cl)c1)S(=O)(=O)c1ccc(C)cc1. The number of carbonyl (C=O) groups is 2. The average molecular weight is 570 g/mol. The average Bonchev–Trinajstić information content (AvgIpc) is 2.91. The second-order valence-electron chi connectivity index (χ2n) is 9.63. The van der Waals surface area contributed by atoms with Crippen LogP contribution < -0.4 is 9.62 Å². The van der Waals surface area contributed by atoms with Crippen molar-refractivity contribution in [3.05, 3.63) is 94.5 Å². The van der Waals surface area contributed by atoms with E-state index in [1.54, 1.807) is 37.3 Å². The molecular weight excluding hydrogens is 534 g/mol. The van der Waals surface area contributed by atoms with Crippen LogP contribution in [0.15, 0.2) is 77.7 Å². The van der Waals surface area contributed by atoms with Gasteiger partial charge in [0.05, 0.1) is 10.6 Å². The van der Waals surface area contributed by atoms with Crippen molar-refractivity contribution in [3.8, 4) is 0 Å². The van der Waals surface area contributed by atoms with Crippen LogP contribution in [0.5, 0.6) is 0 Å². The first kappa shape index (κ1) is 30.2. The monoisotopic (exact) mass is 569 g/mol. The number of unbranched alkanes of at least 4 members (excludes halogenated alkanes) is 1. The fraction of sp³-hybridized carbons (Fsp3) is 0.333. The lowest BCUT2D eigenvalue weighted by Gasteiger charge is -2.32. The highest BCUT2D eigenvalue weighted by molar-refractivity contribution is 7.92. The maximum absolute atomic E-state index is 13.9. The Morgan fingerprint density at radius 3 is 2.15 bits per heavy atom. The summed E-state index contributed by atoms with van der Waals surface area (Å²) in [7, 11) is -4.13. The van der Waals surface area contributed by atoms with Crippen LogP contribution in [0, 0.1) is 13.8 Å². The normalized spacial score (nSPS) is 12.0. The Kier molecular flexibility index (Phi) is 10.5. The third-order valence-electron chi connectivity index (χ3n) is 6.45. The van der Waals surface area contributed by atoms with Gasteiger partial charge in [-0.1, -0.05) is 78.5 Å². The van der Waals surface area contributed by atoms with Crippen molar-refractivity contribution in [1.29, 1.82) is 0 Å². The topological polar surface area (TPSA) is 86.8 Å². The van der Waals surface area contributed by atoms with E-state index in [0.717, 1.165) is 33.8 Å². The van der Waals surface area contributed by atoms with E-state index in [2.05, 4.69) is 5.32 Å². The molecule has 0 aliphatic heterocycles. The number of amides is 2. The predicted octanol–water partition coefficient (Wildman–Crippen LogP) is 5.49. The number of sulfonamides is 1. The predicted molar refractivity (Wildman–Crippen MR) is 156 cm³/mol. The summed E-state index contributed by atoms with van der Waals surface area (Å²) in [6, 6.07) is 19.7. The number of rotatable bonds is 12. The third kappa shape index (κ3) is 8.07. The molecule has 0 aliphatic rings. The second kappa shape index (κ2) is 13.6. The largest absolute Gasteiger partial charge is 0.354 e. The molecule has 0 fully saturated rings. The highest BCUT2D eigenvalue weighted by Gasteiger charge is 2.32. The first-order chi connectivity index (χ1) is 18.5. The van der Waals surface area contributed by atoms with Gasteiger partial charge < -0.3 is 10.2 Å². The van der Waals surface area contributed by atoms with Gasteiger partial charge in [0, 0.05) is 18.1 Å². The molecule has 0 spiro atoms. The number of hydrogen-bond acceptors (Lipinski definition) is 4. The van der Waals surface area contributed by atoms with Crippen molar-refractivity contribution in [2.24, 2.45) is 0 Å². The highest BCUT2D eigenvalue weighted by atomic mass is 35.5. The number of nitrogens with zero attached hydrogens (tertiary/aromatic N) is 2. The molecule has 1 atom stereocenters. The van der Waals surface area contributed by atoms with Gasteiger partial charge in [-0.2, -0.15) is 0 Å². The molecule has 208 valence electrons. The quantitative estimate of drug-likeness (QED) is 0.292. The van der Waals surface area contributed by atoms with Gasteiger partial charge in [-0.05, 0) is 63.1 Å². The molecule has 0 bridgehead atoms. The molecule has 0 aromatic heterocycles. The molecule has 7 nitrogen and oxygen atoms in total. The lowest BCUT2D eigenvalue weighted by atomic mass is 10.1. The molecule has 1 N–H and O–H groups in total. The summed E-state index contributed by atoms with van der Waals surface area (Å²) in [5.41, 5.74) is 3.06. The number of halogens is 1. The van der Waals surface area contributed by atoms with Gasteiger partial charge >= 0.3 is 0 Å². The minimum Gasteiger partial charge on any atom is -0.354 e. The lowest BCUT2D eigenvalue weighted by Crippen LogP contribution is -2.51. The smallest absolute Gasteiger partial charge is 0.264 e. The summed E-state index contributed by atoms with van der Waals surface area (Å²) in [4.78, 5) is 28.4. The molecule has 2 amide bonds. The summed E-state index contributed by atoms with van der Waals surface area (Å²) in [5, 5.41) is 3.22. The van der Waals surface area contributed by atoms with Crippen molar-refractivity contribution in [2.75, 3.05) is 17.4 Å². The van der Waals surface area contributed by atoms with Gasteiger partial charge in [0.15, 0.2) is 0 Å². The molecule has 3 aromatic carbocycles. The van der Waals surface area contributed by atoms with E-state index in [1.165, 1.54) is 23.1 Å². The van der Waals surface area contributed by atoms with Crippen molar-refractivity contribution >= 4 is 39.1 Å². The van der Waals surface area contributed by atoms with Crippen LogP contribution in [0.1, 0.15) is 43.4 Å². The summed E-state index contributed by atoms with van der Waals surface area (Å²) in [6.07, 6.45) is 1.74. The van der Waals surface area contributed by atoms with Crippen molar-refractivity contribution in [1.82, 2.24) is 10.2 Å². The van der Waals surface area contributed by atoms with Crippen LogP contribution in [-0.4, -0.2) is 44.3 Å². The van der Waals surface area contributed by atoms with E-state index in [0.29, 0.717) is 11.6 Å². The maximum Gasteiger partial charge on any atom is 0.264 e. The van der Waals surface area contributed by atoms with Crippen molar-refractivity contribution in [3.63, 3.8) is 0 Å². The van der Waals surface area contributed by atoms with E-state index < -0.39 is 28.5 Å². The minimum atomic E-state index is -4.13. The van der Waals surface area contributed by atoms with Crippen molar-refractivity contribution in [2.45, 2.75) is 58.0 Å². The van der Waals surface area contributed by atoms with E-state index in [1.807, 2.05) is 45.0 Å². The number of benzene rings is 3. The molecule has 0 unspecified atom stereocenters. The van der Waals surface area contributed by atoms with E-state index >= 15 is 0 Å². The molecule has 0 heterocycles. The number of aryl methyl sites for hydroxylation is 2.